The number of hydrogen-bond donors (Lipinski definition) is 2. The van der Waals surface area contributed by atoms with Crippen LogP contribution in [0.4, 0.5) is 5.69 Å². The van der Waals surface area contributed by atoms with Gasteiger partial charge in [0.05, 0.1) is 0 Å². The molecule has 3 heteroatoms. The average molecular weight is 290 g/mol. The number of para-hydroxylation sites is 1. The molecule has 0 radical (unpaired) electrons. The van der Waals surface area contributed by atoms with Gasteiger partial charge in [0.25, 0.3) is 0 Å². The fourth-order valence-electron chi connectivity index (χ4n) is 3.17. The van der Waals surface area contributed by atoms with Crippen molar-refractivity contribution >= 4 is 5.69 Å². The Hall–Kier alpha value is -1.06. The molecule has 0 fully saturated rings. The van der Waals surface area contributed by atoms with E-state index in [1.54, 1.807) is 0 Å². The fraction of sp³-hybridized carbons (Fsp3) is 0.667. The molecule has 0 aromatic heterocycles. The Balaban J connectivity index is 1.69. The zero-order valence-electron chi connectivity index (χ0n) is 13.6. The van der Waals surface area contributed by atoms with Crippen LogP contribution >= 0.6 is 0 Å². The van der Waals surface area contributed by atoms with Crippen molar-refractivity contribution in [3.05, 3.63) is 29.8 Å². The molecule has 1 aliphatic heterocycles. The van der Waals surface area contributed by atoms with Crippen molar-refractivity contribution in [2.45, 2.75) is 39.5 Å². The molecule has 1 aromatic carbocycles. The normalized spacial score (nSPS) is 14.5. The van der Waals surface area contributed by atoms with Crippen LogP contribution in [0.5, 0.6) is 0 Å². The summed E-state index contributed by atoms with van der Waals surface area (Å²) in [5, 5.41) is 13.1. The van der Waals surface area contributed by atoms with Gasteiger partial charge in [0.1, 0.15) is 0 Å². The molecule has 21 heavy (non-hydrogen) atoms. The van der Waals surface area contributed by atoms with Crippen molar-refractivity contribution in [2.24, 2.45) is 5.41 Å². The highest BCUT2D eigenvalue weighted by Gasteiger charge is 2.24. The molecule has 0 bridgehead atoms. The van der Waals surface area contributed by atoms with Gasteiger partial charge in [-0.3, -0.25) is 0 Å². The smallest absolute Gasteiger partial charge is 0.0499 e. The predicted molar refractivity (Wildman–Crippen MR) is 89.9 cm³/mol. The third-order valence-corrected chi connectivity index (χ3v) is 5.10. The van der Waals surface area contributed by atoms with Crippen LogP contribution in [-0.4, -0.2) is 37.9 Å². The highest BCUT2D eigenvalue weighted by molar-refractivity contribution is 5.57. The Morgan fingerprint density at radius 1 is 1.24 bits per heavy atom. The molecule has 0 spiro atoms. The third kappa shape index (κ3) is 3.98. The number of fused-ring (bicyclic) bond motifs is 1. The summed E-state index contributed by atoms with van der Waals surface area (Å²) in [6, 6.07) is 8.74. The summed E-state index contributed by atoms with van der Waals surface area (Å²) >= 11 is 0. The second-order valence-corrected chi connectivity index (χ2v) is 6.26. The zero-order chi connectivity index (χ0) is 15.1. The van der Waals surface area contributed by atoms with Crippen LogP contribution in [0, 0.1) is 5.41 Å². The summed E-state index contributed by atoms with van der Waals surface area (Å²) in [5.74, 6) is 0. The molecule has 2 rings (SSSR count). The molecule has 3 nitrogen and oxygen atoms in total. The van der Waals surface area contributed by atoms with Crippen molar-refractivity contribution in [1.82, 2.24) is 5.32 Å². The van der Waals surface area contributed by atoms with E-state index in [0.29, 0.717) is 0 Å². The SMILES string of the molecule is CCC(CC)(CO)CNCCCN1CCc2ccccc21. The van der Waals surface area contributed by atoms with Crippen molar-refractivity contribution in [2.75, 3.05) is 37.7 Å². The van der Waals surface area contributed by atoms with Crippen LogP contribution in [0.25, 0.3) is 0 Å². The molecular weight excluding hydrogens is 260 g/mol. The van der Waals surface area contributed by atoms with Crippen LogP contribution in [0.3, 0.4) is 0 Å². The van der Waals surface area contributed by atoms with Gasteiger partial charge >= 0.3 is 0 Å². The first kappa shape index (κ1) is 16.3. The lowest BCUT2D eigenvalue weighted by atomic mass is 9.83. The minimum atomic E-state index is 0.0697. The average Bonchev–Trinajstić information content (AvgIpc) is 2.95. The van der Waals surface area contributed by atoms with E-state index in [2.05, 4.69) is 48.3 Å². The lowest BCUT2D eigenvalue weighted by molar-refractivity contribution is 0.113. The number of nitrogens with zero attached hydrogens (tertiary/aromatic N) is 1. The second kappa shape index (κ2) is 7.81. The van der Waals surface area contributed by atoms with Gasteiger partial charge < -0.3 is 15.3 Å². The topological polar surface area (TPSA) is 35.5 Å². The van der Waals surface area contributed by atoms with Crippen LogP contribution in [0.1, 0.15) is 38.7 Å². The molecule has 1 aromatic rings. The number of hydrogen-bond acceptors (Lipinski definition) is 3. The number of aliphatic hydroxyl groups excluding tert-OH is 1. The highest BCUT2D eigenvalue weighted by Crippen LogP contribution is 2.27. The first-order valence-corrected chi connectivity index (χ1v) is 8.39. The van der Waals surface area contributed by atoms with Gasteiger partial charge in [-0.15, -0.1) is 0 Å². The molecule has 0 atom stereocenters. The Morgan fingerprint density at radius 3 is 2.71 bits per heavy atom. The van der Waals surface area contributed by atoms with Gasteiger partial charge in [-0.2, -0.15) is 0 Å². The van der Waals surface area contributed by atoms with Gasteiger partial charge in [0.2, 0.25) is 0 Å². The van der Waals surface area contributed by atoms with E-state index in [-0.39, 0.29) is 12.0 Å². The summed E-state index contributed by atoms with van der Waals surface area (Å²) in [6.45, 7) is 8.85. The number of rotatable bonds is 9. The molecular formula is C18H30N2O. The predicted octanol–water partition coefficient (Wildman–Crippen LogP) is 2.83. The van der Waals surface area contributed by atoms with Crippen LogP contribution < -0.4 is 10.2 Å². The van der Waals surface area contributed by atoms with Crippen molar-refractivity contribution in [3.8, 4) is 0 Å². The summed E-state index contributed by atoms with van der Waals surface area (Å²) in [4.78, 5) is 2.50. The summed E-state index contributed by atoms with van der Waals surface area (Å²) in [6.07, 6.45) is 4.41. The molecule has 2 N–H and O–H groups in total. The Bertz CT molecular complexity index is 421. The van der Waals surface area contributed by atoms with E-state index in [9.17, 15) is 5.11 Å². The van der Waals surface area contributed by atoms with E-state index < -0.39 is 0 Å². The molecule has 0 saturated heterocycles. The minimum Gasteiger partial charge on any atom is -0.396 e. The zero-order valence-corrected chi connectivity index (χ0v) is 13.6. The van der Waals surface area contributed by atoms with Gasteiger partial charge in [-0.25, -0.2) is 0 Å². The summed E-state index contributed by atoms with van der Waals surface area (Å²) in [7, 11) is 0. The number of nitrogens with one attached hydrogen (secondary N) is 1. The lowest BCUT2D eigenvalue weighted by Crippen LogP contribution is -2.37. The van der Waals surface area contributed by atoms with E-state index in [4.69, 9.17) is 0 Å². The molecule has 0 saturated carbocycles. The Morgan fingerprint density at radius 2 is 2.00 bits per heavy atom. The molecule has 0 unspecified atom stereocenters. The van der Waals surface area contributed by atoms with Gasteiger partial charge in [-0.05, 0) is 43.9 Å². The van der Waals surface area contributed by atoms with Crippen LogP contribution in [0.15, 0.2) is 24.3 Å². The molecule has 118 valence electrons. The minimum absolute atomic E-state index is 0.0697. The third-order valence-electron chi connectivity index (χ3n) is 5.10. The van der Waals surface area contributed by atoms with Crippen molar-refractivity contribution in [1.29, 1.82) is 0 Å². The maximum atomic E-state index is 9.57. The van der Waals surface area contributed by atoms with E-state index >= 15 is 0 Å². The van der Waals surface area contributed by atoms with Crippen LogP contribution in [0.2, 0.25) is 0 Å². The summed E-state index contributed by atoms with van der Waals surface area (Å²) in [5.41, 5.74) is 2.98. The number of anilines is 1. The fourth-order valence-corrected chi connectivity index (χ4v) is 3.17. The van der Waals surface area contributed by atoms with Crippen molar-refractivity contribution in [3.63, 3.8) is 0 Å². The Kier molecular flexibility index (Phi) is 6.07. The van der Waals surface area contributed by atoms with Gasteiger partial charge in [0.15, 0.2) is 0 Å². The quantitative estimate of drug-likeness (QED) is 0.687. The van der Waals surface area contributed by atoms with Gasteiger partial charge in [-0.1, -0.05) is 32.0 Å². The Labute approximate surface area is 129 Å². The molecule has 1 aliphatic rings. The van der Waals surface area contributed by atoms with Crippen molar-refractivity contribution < 1.29 is 5.11 Å². The van der Waals surface area contributed by atoms with E-state index in [0.717, 1.165) is 45.4 Å². The first-order valence-electron chi connectivity index (χ1n) is 8.39. The largest absolute Gasteiger partial charge is 0.396 e. The maximum absolute atomic E-state index is 9.57. The number of benzene rings is 1. The molecule has 0 amide bonds. The monoisotopic (exact) mass is 290 g/mol. The highest BCUT2D eigenvalue weighted by atomic mass is 16.3. The first-order chi connectivity index (χ1) is 10.2. The second-order valence-electron chi connectivity index (χ2n) is 6.26. The van der Waals surface area contributed by atoms with E-state index in [1.165, 1.54) is 17.7 Å². The van der Waals surface area contributed by atoms with Crippen LogP contribution in [-0.2, 0) is 6.42 Å². The summed E-state index contributed by atoms with van der Waals surface area (Å²) < 4.78 is 0. The number of aliphatic hydroxyl groups is 1. The van der Waals surface area contributed by atoms with E-state index in [1.807, 2.05) is 0 Å². The molecule has 0 aliphatic carbocycles. The molecule has 1 heterocycles. The van der Waals surface area contributed by atoms with Gasteiger partial charge in [0, 0.05) is 37.3 Å². The maximum Gasteiger partial charge on any atom is 0.0499 e. The lowest BCUT2D eigenvalue weighted by Gasteiger charge is -2.30. The standard InChI is InChI=1S/C18H30N2O/c1-3-18(4-2,15-21)14-19-11-7-12-20-13-10-16-8-5-6-9-17(16)20/h5-6,8-9,19,21H,3-4,7,10-15H2,1-2H3.